The van der Waals surface area contributed by atoms with E-state index in [0.29, 0.717) is 6.61 Å². The van der Waals surface area contributed by atoms with E-state index in [0.717, 1.165) is 12.8 Å². The topological polar surface area (TPSA) is 83.2 Å². The van der Waals surface area contributed by atoms with Gasteiger partial charge < -0.3 is 15.2 Å². The van der Waals surface area contributed by atoms with Gasteiger partial charge in [0.2, 0.25) is 5.95 Å². The molecule has 0 aliphatic heterocycles. The molecule has 1 aromatic heterocycles. The third-order valence-electron chi connectivity index (χ3n) is 2.96. The Morgan fingerprint density at radius 1 is 1.06 bits per heavy atom. The molecule has 6 nitrogen and oxygen atoms in total. The quantitative estimate of drug-likeness (QED) is 0.825. The Balaban J connectivity index is 2.02. The highest BCUT2D eigenvalue weighted by Gasteiger charge is 2.16. The van der Waals surface area contributed by atoms with Crippen molar-refractivity contribution in [1.82, 2.24) is 15.0 Å². The maximum atomic E-state index is 5.78. The number of anilines is 1. The molecule has 0 amide bonds. The van der Waals surface area contributed by atoms with E-state index in [1.165, 1.54) is 25.7 Å². The SMILES string of the molecule is CCOc1nc(N)nc(OC2CCCCCC2)n1. The smallest absolute Gasteiger partial charge is 0.324 e. The number of ether oxygens (including phenoxy) is 2. The van der Waals surface area contributed by atoms with E-state index in [1.807, 2.05) is 6.92 Å². The zero-order chi connectivity index (χ0) is 12.8. The Hall–Kier alpha value is -1.59. The maximum absolute atomic E-state index is 5.78. The molecule has 0 spiro atoms. The number of nitrogens with zero attached hydrogens (tertiary/aromatic N) is 3. The van der Waals surface area contributed by atoms with Gasteiger partial charge in [-0.25, -0.2) is 0 Å². The van der Waals surface area contributed by atoms with Crippen molar-refractivity contribution in [3.63, 3.8) is 0 Å². The molecule has 0 saturated heterocycles. The first-order valence-electron chi connectivity index (χ1n) is 6.59. The van der Waals surface area contributed by atoms with Crippen molar-refractivity contribution in [2.24, 2.45) is 0 Å². The van der Waals surface area contributed by atoms with E-state index >= 15 is 0 Å². The average Bonchev–Trinajstić information content (AvgIpc) is 2.57. The highest BCUT2D eigenvalue weighted by atomic mass is 16.5. The Morgan fingerprint density at radius 3 is 2.39 bits per heavy atom. The van der Waals surface area contributed by atoms with Crippen molar-refractivity contribution in [2.45, 2.75) is 51.6 Å². The third-order valence-corrected chi connectivity index (χ3v) is 2.96. The molecule has 1 saturated carbocycles. The molecule has 100 valence electrons. The Bertz CT molecular complexity index is 378. The van der Waals surface area contributed by atoms with Crippen LogP contribution >= 0.6 is 0 Å². The van der Waals surface area contributed by atoms with E-state index < -0.39 is 0 Å². The third kappa shape index (κ3) is 3.72. The van der Waals surface area contributed by atoms with Crippen LogP contribution in [0.5, 0.6) is 12.0 Å². The number of hydrogen-bond donors (Lipinski definition) is 1. The average molecular weight is 252 g/mol. The summed E-state index contributed by atoms with van der Waals surface area (Å²) in [4.78, 5) is 12.0. The number of aromatic nitrogens is 3. The summed E-state index contributed by atoms with van der Waals surface area (Å²) in [5.41, 5.74) is 5.60. The summed E-state index contributed by atoms with van der Waals surface area (Å²) < 4.78 is 11.0. The molecule has 2 rings (SSSR count). The standard InChI is InChI=1S/C12H20N4O2/c1-2-17-11-14-10(13)15-12(16-11)18-9-7-5-3-4-6-8-9/h9H,2-8H2,1H3,(H2,13,14,15,16). The molecular formula is C12H20N4O2. The van der Waals surface area contributed by atoms with Gasteiger partial charge in [0.05, 0.1) is 6.61 Å². The van der Waals surface area contributed by atoms with Crippen LogP contribution in [0, 0.1) is 0 Å². The summed E-state index contributed by atoms with van der Waals surface area (Å²) in [6.07, 6.45) is 7.24. The predicted octanol–water partition coefficient (Wildman–Crippen LogP) is 1.95. The van der Waals surface area contributed by atoms with Crippen molar-refractivity contribution in [3.05, 3.63) is 0 Å². The summed E-state index contributed by atoms with van der Waals surface area (Å²) in [5, 5.41) is 0. The molecule has 6 heteroatoms. The lowest BCUT2D eigenvalue weighted by atomic mass is 10.2. The van der Waals surface area contributed by atoms with Crippen LogP contribution in [0.2, 0.25) is 0 Å². The number of hydrogen-bond acceptors (Lipinski definition) is 6. The molecule has 1 aliphatic rings. The normalized spacial score (nSPS) is 17.2. The molecule has 0 unspecified atom stereocenters. The highest BCUT2D eigenvalue weighted by Crippen LogP contribution is 2.21. The van der Waals surface area contributed by atoms with Gasteiger partial charge in [0, 0.05) is 0 Å². The van der Waals surface area contributed by atoms with Crippen LogP contribution < -0.4 is 15.2 Å². The van der Waals surface area contributed by atoms with Crippen molar-refractivity contribution in [1.29, 1.82) is 0 Å². The van der Waals surface area contributed by atoms with Crippen molar-refractivity contribution in [2.75, 3.05) is 12.3 Å². The number of rotatable bonds is 4. The molecule has 0 aromatic carbocycles. The van der Waals surface area contributed by atoms with Gasteiger partial charge in [0.15, 0.2) is 0 Å². The summed E-state index contributed by atoms with van der Waals surface area (Å²) >= 11 is 0. The minimum Gasteiger partial charge on any atom is -0.464 e. The van der Waals surface area contributed by atoms with Crippen LogP contribution in [0.25, 0.3) is 0 Å². The fourth-order valence-electron chi connectivity index (χ4n) is 2.11. The lowest BCUT2D eigenvalue weighted by Crippen LogP contribution is -2.17. The predicted molar refractivity (Wildman–Crippen MR) is 67.5 cm³/mol. The number of nitrogen functional groups attached to an aromatic ring is 1. The van der Waals surface area contributed by atoms with Crippen molar-refractivity contribution in [3.8, 4) is 12.0 Å². The maximum Gasteiger partial charge on any atom is 0.324 e. The summed E-state index contributed by atoms with van der Waals surface area (Å²) in [5.74, 6) is 0.136. The van der Waals surface area contributed by atoms with Crippen LogP contribution in [0.15, 0.2) is 0 Å². The van der Waals surface area contributed by atoms with Crippen molar-refractivity contribution < 1.29 is 9.47 Å². The van der Waals surface area contributed by atoms with Crippen LogP contribution in [0.1, 0.15) is 45.4 Å². The van der Waals surface area contributed by atoms with Crippen LogP contribution in [-0.2, 0) is 0 Å². The Kier molecular flexibility index (Phi) is 4.55. The van der Waals surface area contributed by atoms with Crippen LogP contribution in [0.4, 0.5) is 5.95 Å². The first kappa shape index (κ1) is 12.9. The Morgan fingerprint density at radius 2 is 1.72 bits per heavy atom. The molecule has 1 aromatic rings. The molecule has 18 heavy (non-hydrogen) atoms. The van der Waals surface area contributed by atoms with E-state index in [1.54, 1.807) is 0 Å². The zero-order valence-corrected chi connectivity index (χ0v) is 10.8. The molecule has 1 aliphatic carbocycles. The molecular weight excluding hydrogens is 232 g/mol. The van der Waals surface area contributed by atoms with Gasteiger partial charge in [-0.15, -0.1) is 4.98 Å². The minimum atomic E-state index is 0.136. The molecule has 0 atom stereocenters. The summed E-state index contributed by atoms with van der Waals surface area (Å²) in [7, 11) is 0. The van der Waals surface area contributed by atoms with Gasteiger partial charge in [0.25, 0.3) is 0 Å². The second-order valence-electron chi connectivity index (χ2n) is 4.42. The van der Waals surface area contributed by atoms with Crippen LogP contribution in [-0.4, -0.2) is 27.7 Å². The fraction of sp³-hybridized carbons (Fsp3) is 0.750. The highest BCUT2D eigenvalue weighted by molar-refractivity contribution is 5.20. The first-order valence-corrected chi connectivity index (χ1v) is 6.59. The first-order chi connectivity index (χ1) is 8.78. The largest absolute Gasteiger partial charge is 0.464 e. The van der Waals surface area contributed by atoms with E-state index in [-0.39, 0.29) is 24.1 Å². The van der Waals surface area contributed by atoms with E-state index in [9.17, 15) is 0 Å². The monoisotopic (exact) mass is 252 g/mol. The molecule has 0 radical (unpaired) electrons. The molecule has 1 heterocycles. The molecule has 0 bridgehead atoms. The van der Waals surface area contributed by atoms with Crippen LogP contribution in [0.3, 0.4) is 0 Å². The van der Waals surface area contributed by atoms with Gasteiger partial charge in [-0.05, 0) is 32.6 Å². The van der Waals surface area contributed by atoms with Crippen molar-refractivity contribution >= 4 is 5.95 Å². The zero-order valence-electron chi connectivity index (χ0n) is 10.8. The molecule has 2 N–H and O–H groups in total. The lowest BCUT2D eigenvalue weighted by molar-refractivity contribution is 0.164. The van der Waals surface area contributed by atoms with Gasteiger partial charge in [-0.2, -0.15) is 9.97 Å². The molecule has 1 fully saturated rings. The van der Waals surface area contributed by atoms with E-state index in [4.69, 9.17) is 15.2 Å². The minimum absolute atomic E-state index is 0.136. The van der Waals surface area contributed by atoms with Gasteiger partial charge in [-0.3, -0.25) is 0 Å². The van der Waals surface area contributed by atoms with Gasteiger partial charge >= 0.3 is 12.0 Å². The lowest BCUT2D eigenvalue weighted by Gasteiger charge is -2.15. The van der Waals surface area contributed by atoms with E-state index in [2.05, 4.69) is 15.0 Å². The Labute approximate surface area is 107 Å². The summed E-state index contributed by atoms with van der Waals surface area (Å²) in [6.45, 7) is 2.36. The van der Waals surface area contributed by atoms with Gasteiger partial charge in [0.1, 0.15) is 6.10 Å². The second kappa shape index (κ2) is 6.37. The van der Waals surface area contributed by atoms with Gasteiger partial charge in [-0.1, -0.05) is 12.8 Å². The fourth-order valence-corrected chi connectivity index (χ4v) is 2.11. The number of nitrogens with two attached hydrogens (primary N) is 1. The second-order valence-corrected chi connectivity index (χ2v) is 4.42. The summed E-state index contributed by atoms with van der Waals surface area (Å²) in [6, 6.07) is 0.506.